The van der Waals surface area contributed by atoms with Crippen LogP contribution in [0.25, 0.3) is 0 Å². The Morgan fingerprint density at radius 3 is 2.44 bits per heavy atom. The molecule has 1 saturated heterocycles. The van der Waals surface area contributed by atoms with Crippen LogP contribution in [0.2, 0.25) is 0 Å². The minimum atomic E-state index is -0.362. The zero-order valence-electron chi connectivity index (χ0n) is 11.0. The normalized spacial score (nSPS) is 20.5. The maximum Gasteiger partial charge on any atom is 0.309 e. The van der Waals surface area contributed by atoms with Gasteiger partial charge in [0.15, 0.2) is 0 Å². The van der Waals surface area contributed by atoms with Crippen LogP contribution in [0.3, 0.4) is 0 Å². The fourth-order valence-electron chi connectivity index (χ4n) is 2.12. The number of rotatable bonds is 3. The fourth-order valence-corrected chi connectivity index (χ4v) is 2.12. The van der Waals surface area contributed by atoms with Gasteiger partial charge in [-0.25, -0.2) is 0 Å². The molecule has 3 heteroatoms. The molecule has 1 heterocycles. The molecule has 0 bridgehead atoms. The molecule has 0 aliphatic carbocycles. The molecule has 94 valence electrons. The van der Waals surface area contributed by atoms with Crippen molar-refractivity contribution in [2.45, 2.75) is 52.6 Å². The highest BCUT2D eigenvalue weighted by atomic mass is 16.6. The highest BCUT2D eigenvalue weighted by molar-refractivity contribution is 5.72. The lowest BCUT2D eigenvalue weighted by Crippen LogP contribution is -2.32. The zero-order chi connectivity index (χ0) is 12.2. The SMILES string of the molecule is CC(CC1CCNCC1)C(=O)OC(C)(C)C. The van der Waals surface area contributed by atoms with Crippen molar-refractivity contribution in [2.24, 2.45) is 11.8 Å². The Kier molecular flexibility index (Phi) is 4.78. The average Bonchev–Trinajstić information content (AvgIpc) is 2.16. The molecule has 1 fully saturated rings. The van der Waals surface area contributed by atoms with Crippen molar-refractivity contribution in [1.29, 1.82) is 0 Å². The Labute approximate surface area is 98.9 Å². The zero-order valence-corrected chi connectivity index (χ0v) is 11.0. The van der Waals surface area contributed by atoms with E-state index in [2.05, 4.69) is 5.32 Å². The molecular formula is C13H25NO2. The van der Waals surface area contributed by atoms with Gasteiger partial charge in [-0.1, -0.05) is 6.92 Å². The predicted molar refractivity (Wildman–Crippen MR) is 65.2 cm³/mol. The molecule has 1 aliphatic rings. The van der Waals surface area contributed by atoms with Crippen molar-refractivity contribution >= 4 is 5.97 Å². The van der Waals surface area contributed by atoms with Crippen LogP contribution < -0.4 is 5.32 Å². The highest BCUT2D eigenvalue weighted by Crippen LogP contribution is 2.23. The van der Waals surface area contributed by atoms with Crippen molar-refractivity contribution in [3.8, 4) is 0 Å². The van der Waals surface area contributed by atoms with Gasteiger partial charge in [-0.05, 0) is 59.0 Å². The van der Waals surface area contributed by atoms with Crippen LogP contribution in [0, 0.1) is 11.8 Å². The van der Waals surface area contributed by atoms with E-state index < -0.39 is 0 Å². The summed E-state index contributed by atoms with van der Waals surface area (Å²) >= 11 is 0. The second kappa shape index (κ2) is 5.67. The lowest BCUT2D eigenvalue weighted by atomic mass is 9.88. The molecule has 1 aliphatic heterocycles. The Morgan fingerprint density at radius 2 is 1.94 bits per heavy atom. The van der Waals surface area contributed by atoms with Crippen molar-refractivity contribution in [3.63, 3.8) is 0 Å². The summed E-state index contributed by atoms with van der Waals surface area (Å²) in [6, 6.07) is 0. The summed E-state index contributed by atoms with van der Waals surface area (Å²) in [5.74, 6) is 0.664. The van der Waals surface area contributed by atoms with E-state index in [4.69, 9.17) is 4.74 Å². The van der Waals surface area contributed by atoms with Crippen LogP contribution in [0.5, 0.6) is 0 Å². The maximum absolute atomic E-state index is 11.8. The molecule has 0 spiro atoms. The topological polar surface area (TPSA) is 38.3 Å². The minimum absolute atomic E-state index is 0.0299. The maximum atomic E-state index is 11.8. The van der Waals surface area contributed by atoms with E-state index in [1.54, 1.807) is 0 Å². The molecule has 0 radical (unpaired) electrons. The lowest BCUT2D eigenvalue weighted by molar-refractivity contribution is -0.160. The summed E-state index contributed by atoms with van der Waals surface area (Å²) in [6.45, 7) is 9.92. The van der Waals surface area contributed by atoms with E-state index in [1.165, 1.54) is 12.8 Å². The van der Waals surface area contributed by atoms with E-state index in [0.717, 1.165) is 19.5 Å². The number of carbonyl (C=O) groups excluding carboxylic acids is 1. The molecule has 1 unspecified atom stereocenters. The van der Waals surface area contributed by atoms with Gasteiger partial charge in [0.05, 0.1) is 5.92 Å². The molecule has 0 aromatic carbocycles. The van der Waals surface area contributed by atoms with Gasteiger partial charge in [0.25, 0.3) is 0 Å². The quantitative estimate of drug-likeness (QED) is 0.752. The van der Waals surface area contributed by atoms with Crippen LogP contribution in [-0.2, 0) is 9.53 Å². The molecule has 0 aromatic rings. The summed E-state index contributed by atoms with van der Waals surface area (Å²) < 4.78 is 5.39. The summed E-state index contributed by atoms with van der Waals surface area (Å²) in [7, 11) is 0. The average molecular weight is 227 g/mol. The smallest absolute Gasteiger partial charge is 0.309 e. The molecule has 0 saturated carbocycles. The largest absolute Gasteiger partial charge is 0.460 e. The Hall–Kier alpha value is -0.570. The van der Waals surface area contributed by atoms with Gasteiger partial charge in [-0.2, -0.15) is 0 Å². The van der Waals surface area contributed by atoms with Crippen molar-refractivity contribution in [3.05, 3.63) is 0 Å². The van der Waals surface area contributed by atoms with E-state index in [0.29, 0.717) is 5.92 Å². The minimum Gasteiger partial charge on any atom is -0.460 e. The fraction of sp³-hybridized carbons (Fsp3) is 0.923. The van der Waals surface area contributed by atoms with Gasteiger partial charge in [-0.15, -0.1) is 0 Å². The molecule has 1 N–H and O–H groups in total. The monoisotopic (exact) mass is 227 g/mol. The molecule has 1 atom stereocenters. The number of hydrogen-bond acceptors (Lipinski definition) is 3. The number of hydrogen-bond donors (Lipinski definition) is 1. The third-order valence-electron chi connectivity index (χ3n) is 2.95. The third kappa shape index (κ3) is 4.97. The van der Waals surface area contributed by atoms with Crippen molar-refractivity contribution in [2.75, 3.05) is 13.1 Å². The van der Waals surface area contributed by atoms with E-state index >= 15 is 0 Å². The summed E-state index contributed by atoms with van der Waals surface area (Å²) in [4.78, 5) is 11.8. The van der Waals surface area contributed by atoms with Crippen molar-refractivity contribution < 1.29 is 9.53 Å². The predicted octanol–water partition coefficient (Wildman–Crippen LogP) is 2.35. The van der Waals surface area contributed by atoms with Crippen LogP contribution in [0.4, 0.5) is 0 Å². The second-order valence-electron chi connectivity index (χ2n) is 5.86. The van der Waals surface area contributed by atoms with E-state index in [1.807, 2.05) is 27.7 Å². The molecule has 1 rings (SSSR count). The van der Waals surface area contributed by atoms with Crippen LogP contribution in [0.1, 0.15) is 47.0 Å². The lowest BCUT2D eigenvalue weighted by Gasteiger charge is -2.27. The Bertz CT molecular complexity index is 227. The number of ether oxygens (including phenoxy) is 1. The molecule has 0 amide bonds. The summed E-state index contributed by atoms with van der Waals surface area (Å²) in [5, 5.41) is 3.34. The van der Waals surface area contributed by atoms with Crippen LogP contribution in [0.15, 0.2) is 0 Å². The van der Waals surface area contributed by atoms with Gasteiger partial charge in [-0.3, -0.25) is 4.79 Å². The summed E-state index contributed by atoms with van der Waals surface area (Å²) in [5.41, 5.74) is -0.362. The second-order valence-corrected chi connectivity index (χ2v) is 5.86. The summed E-state index contributed by atoms with van der Waals surface area (Å²) in [6.07, 6.45) is 3.34. The molecular weight excluding hydrogens is 202 g/mol. The Morgan fingerprint density at radius 1 is 1.38 bits per heavy atom. The first kappa shape index (κ1) is 13.5. The molecule has 0 aromatic heterocycles. The first-order valence-corrected chi connectivity index (χ1v) is 6.32. The first-order valence-electron chi connectivity index (χ1n) is 6.32. The molecule has 3 nitrogen and oxygen atoms in total. The van der Waals surface area contributed by atoms with E-state index in [9.17, 15) is 4.79 Å². The van der Waals surface area contributed by atoms with Gasteiger partial charge < -0.3 is 10.1 Å². The van der Waals surface area contributed by atoms with E-state index in [-0.39, 0.29) is 17.5 Å². The van der Waals surface area contributed by atoms with Gasteiger partial charge in [0.2, 0.25) is 0 Å². The number of carbonyl (C=O) groups is 1. The van der Waals surface area contributed by atoms with Gasteiger partial charge in [0, 0.05) is 0 Å². The molecule has 16 heavy (non-hydrogen) atoms. The first-order chi connectivity index (χ1) is 7.38. The number of esters is 1. The highest BCUT2D eigenvalue weighted by Gasteiger charge is 2.25. The van der Waals surface area contributed by atoms with Crippen LogP contribution in [-0.4, -0.2) is 24.7 Å². The number of nitrogens with one attached hydrogen (secondary N) is 1. The Balaban J connectivity index is 2.33. The third-order valence-corrected chi connectivity index (χ3v) is 2.95. The standard InChI is InChI=1S/C13H25NO2/c1-10(12(15)16-13(2,3)4)9-11-5-7-14-8-6-11/h10-11,14H,5-9H2,1-4H3. The number of piperidine rings is 1. The van der Waals surface area contributed by atoms with Crippen molar-refractivity contribution in [1.82, 2.24) is 5.32 Å². The van der Waals surface area contributed by atoms with Gasteiger partial charge in [0.1, 0.15) is 5.60 Å². The van der Waals surface area contributed by atoms with Gasteiger partial charge >= 0.3 is 5.97 Å². The van der Waals surface area contributed by atoms with Crippen LogP contribution >= 0.6 is 0 Å².